The molecule has 0 N–H and O–H groups in total. The second kappa shape index (κ2) is 14.3. The molecular weight excluding hydrogens is 518 g/mol. The fourth-order valence-electron chi connectivity index (χ4n) is 4.92. The molecule has 1 saturated heterocycles. The number of aromatic nitrogens is 2. The van der Waals surface area contributed by atoms with E-state index in [1.54, 1.807) is 12.0 Å². The van der Waals surface area contributed by atoms with E-state index in [1.807, 2.05) is 57.2 Å². The summed E-state index contributed by atoms with van der Waals surface area (Å²) in [7, 11) is 1.68. The second-order valence-corrected chi connectivity index (χ2v) is 11.6. The van der Waals surface area contributed by atoms with Crippen LogP contribution in [0.1, 0.15) is 51.8 Å². The molecule has 0 unspecified atom stereocenters. The minimum atomic E-state index is -0.542. The van der Waals surface area contributed by atoms with Gasteiger partial charge in [-0.3, -0.25) is 0 Å². The lowest BCUT2D eigenvalue weighted by Crippen LogP contribution is -2.35. The quantitative estimate of drug-likeness (QED) is 0.247. The van der Waals surface area contributed by atoms with E-state index in [0.29, 0.717) is 38.8 Å². The molecule has 1 aliphatic heterocycles. The summed E-state index contributed by atoms with van der Waals surface area (Å²) in [6, 6.07) is 20.2. The fraction of sp³-hybridized carbons (Fsp3) is 0.485. The van der Waals surface area contributed by atoms with Crippen molar-refractivity contribution in [1.29, 1.82) is 0 Å². The van der Waals surface area contributed by atoms with Crippen LogP contribution in [-0.2, 0) is 22.5 Å². The second-order valence-electron chi connectivity index (χ2n) is 11.6. The number of benzene rings is 2. The van der Waals surface area contributed by atoms with Gasteiger partial charge in [-0.25, -0.2) is 4.79 Å². The average Bonchev–Trinajstić information content (AvgIpc) is 3.37. The Kier molecular flexibility index (Phi) is 10.6. The number of rotatable bonds is 12. The number of hydrogen-bond acceptors (Lipinski definition) is 7. The van der Waals surface area contributed by atoms with Crippen LogP contribution in [0, 0.1) is 11.8 Å². The summed E-state index contributed by atoms with van der Waals surface area (Å²) in [6.07, 6.45) is 2.64. The van der Waals surface area contributed by atoms with E-state index in [2.05, 4.69) is 41.4 Å². The van der Waals surface area contributed by atoms with Crippen molar-refractivity contribution in [3.8, 4) is 22.8 Å². The third kappa shape index (κ3) is 8.92. The standard InChI is InChI=1S/C33H43N3O5/c1-6-7-13-30-29(25-14-16-28(17-15-25)39-21-24-11-9-8-10-12-24)18-31(35-34-30)40-23-27-20-36(19-26(27)22-38-5)32(37)41-33(2,3)4/h8-12,14-18,26-27H,6-7,13,19-23H2,1-5H3/t26-,27-/m1/s1. The Bertz CT molecular complexity index is 1240. The van der Waals surface area contributed by atoms with E-state index in [1.165, 1.54) is 0 Å². The van der Waals surface area contributed by atoms with Crippen LogP contribution in [0.3, 0.4) is 0 Å². The highest BCUT2D eigenvalue weighted by atomic mass is 16.6. The number of carbonyl (C=O) groups is 1. The molecule has 41 heavy (non-hydrogen) atoms. The normalized spacial score (nSPS) is 17.0. The average molecular weight is 562 g/mol. The minimum absolute atomic E-state index is 0.0912. The van der Waals surface area contributed by atoms with Crippen molar-refractivity contribution < 1.29 is 23.7 Å². The van der Waals surface area contributed by atoms with Gasteiger partial charge in [0.25, 0.3) is 0 Å². The lowest BCUT2D eigenvalue weighted by Gasteiger charge is -2.24. The van der Waals surface area contributed by atoms with Crippen LogP contribution in [-0.4, -0.2) is 60.2 Å². The first-order chi connectivity index (χ1) is 19.8. The number of likely N-dealkylation sites (tertiary alicyclic amines) is 1. The van der Waals surface area contributed by atoms with Crippen LogP contribution < -0.4 is 9.47 Å². The van der Waals surface area contributed by atoms with Gasteiger partial charge in [0, 0.05) is 43.7 Å². The van der Waals surface area contributed by atoms with Crippen molar-refractivity contribution >= 4 is 6.09 Å². The molecule has 4 rings (SSSR count). The van der Waals surface area contributed by atoms with Crippen molar-refractivity contribution in [1.82, 2.24) is 15.1 Å². The minimum Gasteiger partial charge on any atom is -0.489 e. The van der Waals surface area contributed by atoms with Gasteiger partial charge >= 0.3 is 6.09 Å². The zero-order chi connectivity index (χ0) is 29.2. The summed E-state index contributed by atoms with van der Waals surface area (Å²) >= 11 is 0. The lowest BCUT2D eigenvalue weighted by atomic mass is 9.98. The first-order valence-corrected chi connectivity index (χ1v) is 14.5. The number of hydrogen-bond donors (Lipinski definition) is 0. The number of amides is 1. The van der Waals surface area contributed by atoms with Gasteiger partial charge in [0.1, 0.15) is 18.0 Å². The molecule has 2 heterocycles. The Morgan fingerprint density at radius 1 is 0.951 bits per heavy atom. The van der Waals surface area contributed by atoms with E-state index in [4.69, 9.17) is 18.9 Å². The predicted octanol–water partition coefficient (Wildman–Crippen LogP) is 6.57. The largest absolute Gasteiger partial charge is 0.489 e. The summed E-state index contributed by atoms with van der Waals surface area (Å²) in [5.41, 5.74) is 3.58. The molecule has 1 aromatic heterocycles. The number of carbonyl (C=O) groups excluding carboxylic acids is 1. The van der Waals surface area contributed by atoms with Gasteiger partial charge in [-0.1, -0.05) is 55.8 Å². The van der Waals surface area contributed by atoms with Gasteiger partial charge in [0.2, 0.25) is 5.88 Å². The molecule has 0 aliphatic carbocycles. The van der Waals surface area contributed by atoms with Crippen LogP contribution in [0.15, 0.2) is 60.7 Å². The third-order valence-corrected chi connectivity index (χ3v) is 7.08. The number of methoxy groups -OCH3 is 1. The maximum absolute atomic E-state index is 12.7. The first kappa shape index (κ1) is 30.3. The molecule has 1 fully saturated rings. The number of nitrogens with zero attached hydrogens (tertiary/aromatic N) is 3. The van der Waals surface area contributed by atoms with Crippen molar-refractivity contribution in [2.75, 3.05) is 33.4 Å². The van der Waals surface area contributed by atoms with E-state index in [0.717, 1.165) is 47.4 Å². The monoisotopic (exact) mass is 561 g/mol. The van der Waals surface area contributed by atoms with E-state index in [9.17, 15) is 4.79 Å². The molecule has 1 aliphatic rings. The van der Waals surface area contributed by atoms with Crippen LogP contribution in [0.4, 0.5) is 4.79 Å². The van der Waals surface area contributed by atoms with Gasteiger partial charge in [0.05, 0.1) is 18.9 Å². The molecule has 8 nitrogen and oxygen atoms in total. The van der Waals surface area contributed by atoms with Gasteiger partial charge in [-0.05, 0) is 56.9 Å². The Hall–Kier alpha value is -3.65. The zero-order valence-corrected chi connectivity index (χ0v) is 25.0. The van der Waals surface area contributed by atoms with Crippen molar-refractivity contribution in [2.24, 2.45) is 11.8 Å². The first-order valence-electron chi connectivity index (χ1n) is 14.5. The molecule has 8 heteroatoms. The lowest BCUT2D eigenvalue weighted by molar-refractivity contribution is 0.0277. The summed E-state index contributed by atoms with van der Waals surface area (Å²) < 4.78 is 23.2. The summed E-state index contributed by atoms with van der Waals surface area (Å²) in [5.74, 6) is 1.52. The van der Waals surface area contributed by atoms with E-state index in [-0.39, 0.29) is 17.9 Å². The predicted molar refractivity (Wildman–Crippen MR) is 159 cm³/mol. The van der Waals surface area contributed by atoms with Gasteiger partial charge < -0.3 is 23.8 Å². The molecule has 0 saturated carbocycles. The molecule has 220 valence electrons. The van der Waals surface area contributed by atoms with Gasteiger partial charge in [-0.2, -0.15) is 5.10 Å². The van der Waals surface area contributed by atoms with Gasteiger partial charge in [-0.15, -0.1) is 5.10 Å². The molecule has 1 amide bonds. The molecule has 0 bridgehead atoms. The van der Waals surface area contributed by atoms with Crippen LogP contribution in [0.2, 0.25) is 0 Å². The molecule has 2 aromatic carbocycles. The SMILES string of the molecule is CCCCc1nnc(OC[C@H]2CN(C(=O)OC(C)(C)C)C[C@@H]2COC)cc1-c1ccc(OCc2ccccc2)cc1. The zero-order valence-electron chi connectivity index (χ0n) is 25.0. The topological polar surface area (TPSA) is 83.0 Å². The van der Waals surface area contributed by atoms with E-state index < -0.39 is 5.60 Å². The maximum Gasteiger partial charge on any atom is 0.410 e. The van der Waals surface area contributed by atoms with Crippen LogP contribution in [0.5, 0.6) is 11.6 Å². The van der Waals surface area contributed by atoms with E-state index >= 15 is 0 Å². The summed E-state index contributed by atoms with van der Waals surface area (Å²) in [5, 5.41) is 8.96. The molecule has 2 atom stereocenters. The highest BCUT2D eigenvalue weighted by molar-refractivity contribution is 5.69. The van der Waals surface area contributed by atoms with Crippen LogP contribution >= 0.6 is 0 Å². The number of unbranched alkanes of at least 4 members (excludes halogenated alkanes) is 1. The van der Waals surface area contributed by atoms with Crippen molar-refractivity contribution in [3.05, 3.63) is 71.9 Å². The Morgan fingerprint density at radius 2 is 1.66 bits per heavy atom. The third-order valence-electron chi connectivity index (χ3n) is 7.08. The maximum atomic E-state index is 12.7. The fourth-order valence-corrected chi connectivity index (χ4v) is 4.92. The number of ether oxygens (including phenoxy) is 4. The van der Waals surface area contributed by atoms with Gasteiger partial charge in [0.15, 0.2) is 0 Å². The summed E-state index contributed by atoms with van der Waals surface area (Å²) in [6.45, 7) is 10.4. The molecule has 0 spiro atoms. The Balaban J connectivity index is 1.45. The summed E-state index contributed by atoms with van der Waals surface area (Å²) in [4.78, 5) is 14.4. The van der Waals surface area contributed by atoms with Crippen LogP contribution in [0.25, 0.3) is 11.1 Å². The smallest absolute Gasteiger partial charge is 0.410 e. The van der Waals surface area contributed by atoms with Crippen molar-refractivity contribution in [3.63, 3.8) is 0 Å². The highest BCUT2D eigenvalue weighted by Crippen LogP contribution is 2.30. The Morgan fingerprint density at radius 3 is 2.32 bits per heavy atom. The molecule has 0 radical (unpaired) electrons. The number of aryl methyl sites for hydroxylation is 1. The molecular formula is C33H43N3O5. The molecule has 3 aromatic rings. The highest BCUT2D eigenvalue weighted by Gasteiger charge is 2.37. The Labute approximate surface area is 244 Å². The van der Waals surface area contributed by atoms with Crippen molar-refractivity contribution in [2.45, 2.75) is 59.2 Å².